The van der Waals surface area contributed by atoms with Crippen molar-refractivity contribution in [3.05, 3.63) is 0 Å². The number of hydrogen-bond acceptors (Lipinski definition) is 5. The van der Waals surface area contributed by atoms with Crippen LogP contribution in [0.4, 0.5) is 0 Å². The summed E-state index contributed by atoms with van der Waals surface area (Å²) in [6.07, 6.45) is -0.0771. The number of carbonyl (C=O) groups is 1. The average Bonchev–Trinajstić information content (AvgIpc) is 2.00. The van der Waals surface area contributed by atoms with Gasteiger partial charge in [-0.25, -0.2) is 8.42 Å². The van der Waals surface area contributed by atoms with E-state index >= 15 is 0 Å². The molecule has 0 saturated heterocycles. The SMILES string of the molecule is COC(=O)CS(=O)(=O)N(C)CP(C)(C)=O. The first-order valence-electron chi connectivity index (χ1n) is 4.13. The minimum absolute atomic E-state index is 0.0771. The Morgan fingerprint density at radius 1 is 1.40 bits per heavy atom. The van der Waals surface area contributed by atoms with Gasteiger partial charge in [-0.15, -0.1) is 0 Å². The molecular formula is C7H16NO5PS. The maximum Gasteiger partial charge on any atom is 0.322 e. The number of sulfonamides is 1. The highest BCUT2D eigenvalue weighted by molar-refractivity contribution is 7.90. The Kier molecular flexibility index (Phi) is 4.96. The second-order valence-corrected chi connectivity index (χ2v) is 9.15. The number of rotatable bonds is 5. The van der Waals surface area contributed by atoms with E-state index < -0.39 is 28.9 Å². The molecular weight excluding hydrogens is 241 g/mol. The number of ether oxygens (including phenoxy) is 1. The number of hydrogen-bond donors (Lipinski definition) is 0. The van der Waals surface area contributed by atoms with Crippen LogP contribution < -0.4 is 0 Å². The van der Waals surface area contributed by atoms with Gasteiger partial charge in [0.2, 0.25) is 10.0 Å². The van der Waals surface area contributed by atoms with Crippen LogP contribution >= 0.6 is 7.14 Å². The van der Waals surface area contributed by atoms with Gasteiger partial charge in [0.05, 0.1) is 20.5 Å². The molecule has 0 amide bonds. The van der Waals surface area contributed by atoms with Crippen molar-refractivity contribution < 1.29 is 22.5 Å². The first kappa shape index (κ1) is 14.6. The highest BCUT2D eigenvalue weighted by Gasteiger charge is 2.25. The third-order valence-electron chi connectivity index (χ3n) is 1.54. The highest BCUT2D eigenvalue weighted by atomic mass is 32.2. The lowest BCUT2D eigenvalue weighted by Gasteiger charge is -2.18. The van der Waals surface area contributed by atoms with E-state index in [4.69, 9.17) is 0 Å². The molecule has 0 N–H and O–H groups in total. The van der Waals surface area contributed by atoms with E-state index in [0.29, 0.717) is 0 Å². The second-order valence-electron chi connectivity index (χ2n) is 3.65. The Bertz CT molecular complexity index is 371. The van der Waals surface area contributed by atoms with Crippen LogP contribution in [0.25, 0.3) is 0 Å². The summed E-state index contributed by atoms with van der Waals surface area (Å²) >= 11 is 0. The topological polar surface area (TPSA) is 80.8 Å². The molecule has 0 aromatic rings. The van der Waals surface area contributed by atoms with E-state index in [1.54, 1.807) is 0 Å². The summed E-state index contributed by atoms with van der Waals surface area (Å²) in [5.41, 5.74) is 0. The molecule has 0 aromatic heterocycles. The van der Waals surface area contributed by atoms with Crippen LogP contribution in [0.2, 0.25) is 0 Å². The number of esters is 1. The smallest absolute Gasteiger partial charge is 0.322 e. The molecule has 0 rings (SSSR count). The Hall–Kier alpha value is -0.390. The van der Waals surface area contributed by atoms with Crippen molar-refractivity contribution in [2.75, 3.05) is 39.5 Å². The predicted molar refractivity (Wildman–Crippen MR) is 57.9 cm³/mol. The Labute approximate surface area is 90.0 Å². The van der Waals surface area contributed by atoms with Gasteiger partial charge in [-0.05, 0) is 13.3 Å². The Morgan fingerprint density at radius 3 is 2.20 bits per heavy atom. The fraction of sp³-hybridized carbons (Fsp3) is 0.857. The predicted octanol–water partition coefficient (Wildman–Crippen LogP) is 0.00120. The van der Waals surface area contributed by atoms with Crippen LogP contribution in [0.3, 0.4) is 0 Å². The first-order valence-corrected chi connectivity index (χ1v) is 8.53. The van der Waals surface area contributed by atoms with Crippen LogP contribution in [0.1, 0.15) is 0 Å². The van der Waals surface area contributed by atoms with E-state index in [1.165, 1.54) is 20.4 Å². The largest absolute Gasteiger partial charge is 0.468 e. The van der Waals surface area contributed by atoms with E-state index in [1.807, 2.05) is 0 Å². The van der Waals surface area contributed by atoms with Crippen LogP contribution in [0.15, 0.2) is 0 Å². The summed E-state index contributed by atoms with van der Waals surface area (Å²) in [6, 6.07) is 0. The van der Waals surface area contributed by atoms with Crippen molar-refractivity contribution in [2.24, 2.45) is 0 Å². The third-order valence-corrected chi connectivity index (χ3v) is 4.52. The number of nitrogens with zero attached hydrogens (tertiary/aromatic N) is 1. The number of methoxy groups -OCH3 is 1. The molecule has 8 heteroatoms. The molecule has 0 saturated carbocycles. The molecule has 0 bridgehead atoms. The molecule has 0 heterocycles. The summed E-state index contributed by atoms with van der Waals surface area (Å²) in [7, 11) is -3.79. The second kappa shape index (κ2) is 5.09. The molecule has 6 nitrogen and oxygen atoms in total. The van der Waals surface area contributed by atoms with Crippen molar-refractivity contribution in [1.29, 1.82) is 0 Å². The molecule has 0 radical (unpaired) electrons. The van der Waals surface area contributed by atoms with Gasteiger partial charge in [-0.1, -0.05) is 0 Å². The van der Waals surface area contributed by atoms with Gasteiger partial charge in [0.15, 0.2) is 5.75 Å². The maximum absolute atomic E-state index is 11.5. The van der Waals surface area contributed by atoms with Crippen molar-refractivity contribution >= 4 is 23.1 Å². The minimum atomic E-state index is -3.72. The molecule has 0 unspecified atom stereocenters. The fourth-order valence-corrected chi connectivity index (χ4v) is 4.02. The quantitative estimate of drug-likeness (QED) is 0.511. The van der Waals surface area contributed by atoms with Crippen molar-refractivity contribution in [3.8, 4) is 0 Å². The summed E-state index contributed by atoms with van der Waals surface area (Å²) < 4.78 is 39.5. The zero-order chi connectivity index (χ0) is 12.3. The van der Waals surface area contributed by atoms with Crippen LogP contribution in [0, 0.1) is 0 Å². The van der Waals surface area contributed by atoms with Crippen LogP contribution in [-0.4, -0.2) is 58.2 Å². The van der Waals surface area contributed by atoms with Gasteiger partial charge in [-0.3, -0.25) is 4.79 Å². The molecule has 0 fully saturated rings. The Morgan fingerprint density at radius 2 is 1.87 bits per heavy atom. The van der Waals surface area contributed by atoms with Gasteiger partial charge >= 0.3 is 5.97 Å². The van der Waals surface area contributed by atoms with Crippen molar-refractivity contribution in [2.45, 2.75) is 0 Å². The molecule has 0 atom stereocenters. The van der Waals surface area contributed by atoms with Gasteiger partial charge in [0.1, 0.15) is 0 Å². The van der Waals surface area contributed by atoms with Crippen molar-refractivity contribution in [1.82, 2.24) is 4.31 Å². The molecule has 0 aliphatic carbocycles. The lowest BCUT2D eigenvalue weighted by Crippen LogP contribution is -2.33. The van der Waals surface area contributed by atoms with Crippen LogP contribution in [0.5, 0.6) is 0 Å². The van der Waals surface area contributed by atoms with E-state index in [0.717, 1.165) is 11.4 Å². The molecule has 0 aliphatic heterocycles. The molecule has 90 valence electrons. The van der Waals surface area contributed by atoms with E-state index in [2.05, 4.69) is 4.74 Å². The monoisotopic (exact) mass is 257 g/mol. The summed E-state index contributed by atoms with van der Waals surface area (Å²) in [4.78, 5) is 10.8. The van der Waals surface area contributed by atoms with Gasteiger partial charge < -0.3 is 9.30 Å². The maximum atomic E-state index is 11.5. The van der Waals surface area contributed by atoms with Crippen molar-refractivity contribution in [3.63, 3.8) is 0 Å². The average molecular weight is 257 g/mol. The summed E-state index contributed by atoms with van der Waals surface area (Å²) in [5.74, 6) is -1.55. The van der Waals surface area contributed by atoms with Gasteiger partial charge in [0.25, 0.3) is 0 Å². The zero-order valence-corrected chi connectivity index (χ0v) is 11.0. The molecule has 15 heavy (non-hydrogen) atoms. The normalized spacial score (nSPS) is 12.9. The standard InChI is InChI=1S/C7H16NO5PS/c1-8(6-14(3,4)10)15(11,12)5-7(9)13-2/h5-6H2,1-4H3. The first-order chi connectivity index (χ1) is 6.58. The number of carbonyl (C=O) groups excluding carboxylic acids is 1. The highest BCUT2D eigenvalue weighted by Crippen LogP contribution is 2.36. The summed E-state index contributed by atoms with van der Waals surface area (Å²) in [5, 5.41) is 0. The zero-order valence-electron chi connectivity index (χ0n) is 9.26. The van der Waals surface area contributed by atoms with Crippen LogP contribution in [-0.2, 0) is 24.1 Å². The van der Waals surface area contributed by atoms with E-state index in [9.17, 15) is 17.8 Å². The molecule has 0 aromatic carbocycles. The minimum Gasteiger partial charge on any atom is -0.468 e. The van der Waals surface area contributed by atoms with Gasteiger partial charge in [-0.2, -0.15) is 4.31 Å². The third kappa shape index (κ3) is 5.92. The van der Waals surface area contributed by atoms with E-state index in [-0.39, 0.29) is 6.29 Å². The molecule has 0 spiro atoms. The van der Waals surface area contributed by atoms with Gasteiger partial charge in [0, 0.05) is 7.05 Å². The molecule has 0 aliphatic rings. The lowest BCUT2D eigenvalue weighted by atomic mass is 10.8. The lowest BCUT2D eigenvalue weighted by molar-refractivity contribution is -0.137. The fourth-order valence-electron chi connectivity index (χ4n) is 0.886. The summed E-state index contributed by atoms with van der Waals surface area (Å²) in [6.45, 7) is 2.97. The Balaban J connectivity index is 4.61.